The fraction of sp³-hybridized carbons (Fsp3) is 0.885. The summed E-state index contributed by atoms with van der Waals surface area (Å²) in [6.07, 6.45) is 8.93. The molecular weight excluding hydrogens is 418 g/mol. The minimum atomic E-state index is -0.896. The van der Waals surface area contributed by atoms with E-state index in [4.69, 9.17) is 4.74 Å². The van der Waals surface area contributed by atoms with E-state index in [0.717, 1.165) is 32.1 Å². The number of carbonyl (C=O) groups excluding carboxylic acids is 3. The Morgan fingerprint density at radius 1 is 1.03 bits per heavy atom. The van der Waals surface area contributed by atoms with Crippen LogP contribution in [0.5, 0.6) is 0 Å². The lowest BCUT2D eigenvalue weighted by Gasteiger charge is -2.63. The van der Waals surface area contributed by atoms with Gasteiger partial charge in [-0.2, -0.15) is 0 Å². The number of urea groups is 1. The van der Waals surface area contributed by atoms with Crippen molar-refractivity contribution in [2.24, 2.45) is 5.92 Å². The number of esters is 1. The minimum Gasteiger partial charge on any atom is -0.465 e. The van der Waals surface area contributed by atoms with Crippen molar-refractivity contribution in [1.82, 2.24) is 15.1 Å². The number of hydrogen-bond donors (Lipinski definition) is 1. The van der Waals surface area contributed by atoms with Crippen LogP contribution in [0.25, 0.3) is 0 Å². The zero-order chi connectivity index (χ0) is 24.9. The maximum atomic E-state index is 13.8. The SMILES string of the molecule is CCCCCCCCN1C(=O)NC2(CC(C)(CC)N(CCOC(C)=O)C(C)(CC)C2C)C1=O. The van der Waals surface area contributed by atoms with Crippen LogP contribution in [0.4, 0.5) is 4.79 Å². The van der Waals surface area contributed by atoms with Gasteiger partial charge in [-0.1, -0.05) is 59.8 Å². The number of likely N-dealkylation sites (tertiary alicyclic amines) is 1. The standard InChI is InChI=1S/C26H47N3O4/c1-8-11-12-13-14-15-16-28-22(31)26(27-23(28)32)19-24(6,9-2)29(17-18-33-21(5)30)25(7,10-3)20(26)4/h20H,8-19H2,1-7H3,(H,27,32). The van der Waals surface area contributed by atoms with Crippen molar-refractivity contribution in [3.05, 3.63) is 0 Å². The Hall–Kier alpha value is -1.63. The molecule has 2 saturated heterocycles. The number of imide groups is 1. The van der Waals surface area contributed by atoms with Gasteiger partial charge in [-0.15, -0.1) is 0 Å². The molecule has 4 unspecified atom stereocenters. The molecule has 0 aromatic rings. The fourth-order valence-corrected chi connectivity index (χ4v) is 6.16. The normalized spacial score (nSPS) is 32.5. The Morgan fingerprint density at radius 2 is 1.67 bits per heavy atom. The summed E-state index contributed by atoms with van der Waals surface area (Å²) in [6, 6.07) is -0.245. The van der Waals surface area contributed by atoms with Gasteiger partial charge >= 0.3 is 12.0 Å². The first-order valence-electron chi connectivity index (χ1n) is 13.1. The number of rotatable bonds is 12. The maximum Gasteiger partial charge on any atom is 0.325 e. The van der Waals surface area contributed by atoms with Gasteiger partial charge in [0.15, 0.2) is 0 Å². The monoisotopic (exact) mass is 465 g/mol. The Labute approximate surface area is 201 Å². The minimum absolute atomic E-state index is 0.0625. The van der Waals surface area contributed by atoms with Gasteiger partial charge in [0.05, 0.1) is 0 Å². The summed E-state index contributed by atoms with van der Waals surface area (Å²) >= 11 is 0. The summed E-state index contributed by atoms with van der Waals surface area (Å²) in [5.74, 6) is -0.429. The molecule has 33 heavy (non-hydrogen) atoms. The van der Waals surface area contributed by atoms with Gasteiger partial charge in [0.1, 0.15) is 12.1 Å². The van der Waals surface area contributed by atoms with Gasteiger partial charge in [0.2, 0.25) is 0 Å². The van der Waals surface area contributed by atoms with Crippen molar-refractivity contribution >= 4 is 17.9 Å². The van der Waals surface area contributed by atoms with Gasteiger partial charge < -0.3 is 10.1 Å². The molecule has 2 heterocycles. The molecule has 2 aliphatic rings. The average molecular weight is 466 g/mol. The van der Waals surface area contributed by atoms with E-state index < -0.39 is 5.54 Å². The van der Waals surface area contributed by atoms with Gasteiger partial charge in [0, 0.05) is 37.0 Å². The zero-order valence-electron chi connectivity index (χ0n) is 22.1. The van der Waals surface area contributed by atoms with Gasteiger partial charge in [-0.05, 0) is 39.5 Å². The Balaban J connectivity index is 2.25. The predicted molar refractivity (Wildman–Crippen MR) is 131 cm³/mol. The maximum absolute atomic E-state index is 13.8. The first-order valence-corrected chi connectivity index (χ1v) is 13.1. The van der Waals surface area contributed by atoms with Crippen LogP contribution in [0.1, 0.15) is 106 Å². The predicted octanol–water partition coefficient (Wildman–Crippen LogP) is 4.88. The molecule has 2 rings (SSSR count). The van der Waals surface area contributed by atoms with Crippen molar-refractivity contribution in [2.45, 2.75) is 123 Å². The lowest BCUT2D eigenvalue weighted by atomic mass is 9.60. The highest BCUT2D eigenvalue weighted by Gasteiger charge is 2.66. The molecule has 0 radical (unpaired) electrons. The molecule has 4 atom stereocenters. The highest BCUT2D eigenvalue weighted by atomic mass is 16.5. The molecule has 2 aliphatic heterocycles. The Bertz CT molecular complexity index is 714. The lowest BCUT2D eigenvalue weighted by molar-refractivity contribution is -0.159. The summed E-state index contributed by atoms with van der Waals surface area (Å²) < 4.78 is 5.28. The molecule has 0 aliphatic carbocycles. The van der Waals surface area contributed by atoms with Crippen molar-refractivity contribution < 1.29 is 19.1 Å². The first kappa shape index (κ1) is 27.6. The number of nitrogens with one attached hydrogen (secondary N) is 1. The van der Waals surface area contributed by atoms with Crippen LogP contribution in [0, 0.1) is 5.92 Å². The number of hydrogen-bond acceptors (Lipinski definition) is 5. The second-order valence-corrected chi connectivity index (χ2v) is 10.6. The van der Waals surface area contributed by atoms with Crippen molar-refractivity contribution in [3.63, 3.8) is 0 Å². The van der Waals surface area contributed by atoms with Crippen molar-refractivity contribution in [3.8, 4) is 0 Å². The van der Waals surface area contributed by atoms with Gasteiger partial charge in [-0.3, -0.25) is 19.4 Å². The van der Waals surface area contributed by atoms with E-state index in [1.165, 1.54) is 31.1 Å². The van der Waals surface area contributed by atoms with E-state index in [0.29, 0.717) is 26.1 Å². The summed E-state index contributed by atoms with van der Waals surface area (Å²) in [5, 5.41) is 3.18. The molecular formula is C26H47N3O4. The summed E-state index contributed by atoms with van der Waals surface area (Å²) in [4.78, 5) is 42.1. The molecule has 7 nitrogen and oxygen atoms in total. The van der Waals surface area contributed by atoms with Crippen molar-refractivity contribution in [2.75, 3.05) is 19.7 Å². The van der Waals surface area contributed by atoms with Crippen LogP contribution in [-0.2, 0) is 14.3 Å². The molecule has 0 aromatic carbocycles. The molecule has 190 valence electrons. The van der Waals surface area contributed by atoms with E-state index in [9.17, 15) is 14.4 Å². The van der Waals surface area contributed by atoms with Crippen LogP contribution in [0.15, 0.2) is 0 Å². The number of carbonyl (C=O) groups is 3. The third kappa shape index (κ3) is 5.39. The summed E-state index contributed by atoms with van der Waals surface area (Å²) in [6.45, 7) is 15.8. The van der Waals surface area contributed by atoms with Crippen LogP contribution in [0.3, 0.4) is 0 Å². The lowest BCUT2D eigenvalue weighted by Crippen LogP contribution is -2.75. The molecule has 0 aromatic heterocycles. The molecule has 0 bridgehead atoms. The highest BCUT2D eigenvalue weighted by Crippen LogP contribution is 2.51. The van der Waals surface area contributed by atoms with E-state index in [1.54, 1.807) is 0 Å². The molecule has 2 fully saturated rings. The summed E-state index contributed by atoms with van der Waals surface area (Å²) in [7, 11) is 0. The number of nitrogens with zero attached hydrogens (tertiary/aromatic N) is 2. The Morgan fingerprint density at radius 3 is 2.24 bits per heavy atom. The van der Waals surface area contributed by atoms with Gasteiger partial charge in [0.25, 0.3) is 5.91 Å². The number of unbranched alkanes of at least 4 members (excludes halogenated alkanes) is 5. The smallest absolute Gasteiger partial charge is 0.325 e. The second kappa shape index (κ2) is 11.2. The first-order chi connectivity index (χ1) is 15.5. The second-order valence-electron chi connectivity index (χ2n) is 10.6. The van der Waals surface area contributed by atoms with E-state index in [-0.39, 0.29) is 34.9 Å². The summed E-state index contributed by atoms with van der Waals surface area (Å²) in [5.41, 5.74) is -1.54. The highest BCUT2D eigenvalue weighted by molar-refractivity contribution is 6.07. The largest absolute Gasteiger partial charge is 0.465 e. The van der Waals surface area contributed by atoms with E-state index >= 15 is 0 Å². The molecule has 3 amide bonds. The van der Waals surface area contributed by atoms with Crippen LogP contribution in [-0.4, -0.2) is 64.0 Å². The van der Waals surface area contributed by atoms with E-state index in [1.807, 2.05) is 0 Å². The molecule has 1 N–H and O–H groups in total. The number of piperidine rings is 1. The topological polar surface area (TPSA) is 79.0 Å². The Kier molecular flexibility index (Phi) is 9.37. The van der Waals surface area contributed by atoms with Crippen LogP contribution in [0.2, 0.25) is 0 Å². The quantitative estimate of drug-likeness (QED) is 0.252. The third-order valence-corrected chi connectivity index (χ3v) is 8.63. The average Bonchev–Trinajstić information content (AvgIpc) is 3.01. The van der Waals surface area contributed by atoms with E-state index in [2.05, 4.69) is 51.8 Å². The van der Waals surface area contributed by atoms with Crippen LogP contribution < -0.4 is 5.32 Å². The zero-order valence-corrected chi connectivity index (χ0v) is 22.1. The molecule has 7 heteroatoms. The molecule has 1 spiro atoms. The number of ether oxygens (including phenoxy) is 1. The fourth-order valence-electron chi connectivity index (χ4n) is 6.16. The molecule has 0 saturated carbocycles. The number of amides is 3. The van der Waals surface area contributed by atoms with Crippen LogP contribution >= 0.6 is 0 Å². The third-order valence-electron chi connectivity index (χ3n) is 8.63. The van der Waals surface area contributed by atoms with Crippen molar-refractivity contribution in [1.29, 1.82) is 0 Å². The van der Waals surface area contributed by atoms with Gasteiger partial charge in [-0.25, -0.2) is 4.79 Å².